The highest BCUT2D eigenvalue weighted by atomic mass is 32.2. The molecule has 0 amide bonds. The Morgan fingerprint density at radius 2 is 2.40 bits per heavy atom. The van der Waals surface area contributed by atoms with Crippen LogP contribution in [0.5, 0.6) is 0 Å². The van der Waals surface area contributed by atoms with Gasteiger partial charge in [0.1, 0.15) is 4.21 Å². The van der Waals surface area contributed by atoms with Crippen molar-refractivity contribution in [2.75, 3.05) is 0 Å². The van der Waals surface area contributed by atoms with Crippen LogP contribution in [-0.2, 0) is 6.42 Å². The Labute approximate surface area is 68.9 Å². The van der Waals surface area contributed by atoms with Crippen LogP contribution in [0.1, 0.15) is 17.6 Å². The van der Waals surface area contributed by atoms with E-state index in [1.807, 2.05) is 23.1 Å². The van der Waals surface area contributed by atoms with E-state index in [0.717, 1.165) is 5.25 Å². The van der Waals surface area contributed by atoms with E-state index in [0.29, 0.717) is 0 Å². The van der Waals surface area contributed by atoms with Gasteiger partial charge in [0.05, 0.1) is 0 Å². The monoisotopic (exact) mass is 172 g/mol. The van der Waals surface area contributed by atoms with Crippen LogP contribution in [0.15, 0.2) is 4.21 Å². The molecule has 1 nitrogen and oxygen atoms in total. The number of aromatic nitrogens is 1. The van der Waals surface area contributed by atoms with Gasteiger partial charge in [0, 0.05) is 18.6 Å². The number of aryl methyl sites for hydroxylation is 1. The van der Waals surface area contributed by atoms with Crippen LogP contribution in [0.25, 0.3) is 0 Å². The van der Waals surface area contributed by atoms with E-state index < -0.39 is 0 Å². The largest absolute Gasteiger partial charge is 0.233 e. The first-order chi connectivity index (χ1) is 4.75. The lowest BCUT2D eigenvalue weighted by molar-refractivity contribution is -0.393. The lowest BCUT2D eigenvalue weighted by Crippen LogP contribution is -2.09. The Hall–Kier alpha value is -0.0200. The molecule has 1 aliphatic rings. The van der Waals surface area contributed by atoms with E-state index >= 15 is 0 Å². The summed E-state index contributed by atoms with van der Waals surface area (Å²) in [7, 11) is 0. The molecule has 0 aliphatic carbocycles. The van der Waals surface area contributed by atoms with Gasteiger partial charge in [-0.05, 0) is 0 Å². The molecule has 1 aliphatic heterocycles. The number of nitrogens with one attached hydrogen (secondary N) is 1. The summed E-state index contributed by atoms with van der Waals surface area (Å²) in [4.78, 5) is 3.38. The first-order valence-electron chi connectivity index (χ1n) is 3.44. The Morgan fingerprint density at radius 3 is 3.10 bits per heavy atom. The summed E-state index contributed by atoms with van der Waals surface area (Å²) in [5.74, 6) is 0. The van der Waals surface area contributed by atoms with Crippen molar-refractivity contribution in [3.63, 3.8) is 0 Å². The zero-order chi connectivity index (χ0) is 7.14. The molecule has 2 rings (SSSR count). The highest BCUT2D eigenvalue weighted by molar-refractivity contribution is 8.02. The minimum Gasteiger partial charge on any atom is -0.202 e. The average Bonchev–Trinajstić information content (AvgIpc) is 2.21. The zero-order valence-electron chi connectivity index (χ0n) is 6.10. The second kappa shape index (κ2) is 2.24. The number of thioether (sulfide) groups is 1. The maximum absolute atomic E-state index is 3.38. The normalized spacial score (nSPS) is 23.2. The molecule has 0 saturated heterocycles. The van der Waals surface area contributed by atoms with E-state index in [4.69, 9.17) is 0 Å². The van der Waals surface area contributed by atoms with Gasteiger partial charge < -0.3 is 0 Å². The summed E-state index contributed by atoms with van der Waals surface area (Å²) >= 11 is 3.89. The summed E-state index contributed by atoms with van der Waals surface area (Å²) in [5, 5.41) is 2.13. The molecule has 54 valence electrons. The summed E-state index contributed by atoms with van der Waals surface area (Å²) < 4.78 is 1.50. The molecular weight excluding hydrogens is 162 g/mol. The van der Waals surface area contributed by atoms with Gasteiger partial charge in [-0.3, -0.25) is 0 Å². The van der Waals surface area contributed by atoms with Crippen molar-refractivity contribution in [3.05, 3.63) is 10.7 Å². The third-order valence-corrected chi connectivity index (χ3v) is 4.03. The lowest BCUT2D eigenvalue weighted by Gasteiger charge is -1.92. The van der Waals surface area contributed by atoms with Gasteiger partial charge in [-0.25, -0.2) is 4.98 Å². The van der Waals surface area contributed by atoms with Crippen LogP contribution in [0.2, 0.25) is 0 Å². The van der Waals surface area contributed by atoms with E-state index in [1.165, 1.54) is 21.3 Å². The maximum atomic E-state index is 3.38. The molecule has 1 unspecified atom stereocenters. The topological polar surface area (TPSA) is 14.1 Å². The molecule has 0 radical (unpaired) electrons. The smallest absolute Gasteiger partial charge is 0.202 e. The lowest BCUT2D eigenvalue weighted by atomic mass is 10.3. The number of rotatable bonds is 0. The third-order valence-electron chi connectivity index (χ3n) is 1.62. The molecule has 3 heteroatoms. The second-order valence-corrected chi connectivity index (χ2v) is 5.61. The van der Waals surface area contributed by atoms with Gasteiger partial charge in [-0.2, -0.15) is 0 Å². The average molecular weight is 172 g/mol. The van der Waals surface area contributed by atoms with E-state index in [2.05, 4.69) is 18.8 Å². The summed E-state index contributed by atoms with van der Waals surface area (Å²) in [6, 6.07) is 0. The van der Waals surface area contributed by atoms with Gasteiger partial charge in [0.25, 0.3) is 0 Å². The maximum Gasteiger partial charge on any atom is 0.233 e. The molecule has 0 spiro atoms. The van der Waals surface area contributed by atoms with E-state index in [1.54, 1.807) is 0 Å². The van der Waals surface area contributed by atoms with Gasteiger partial charge >= 0.3 is 0 Å². The van der Waals surface area contributed by atoms with Crippen molar-refractivity contribution < 1.29 is 4.98 Å². The molecule has 1 aromatic rings. The molecule has 1 aromatic heterocycles. The van der Waals surface area contributed by atoms with E-state index in [9.17, 15) is 0 Å². The fraction of sp³-hybridized carbons (Fsp3) is 0.571. The van der Waals surface area contributed by atoms with Crippen LogP contribution >= 0.6 is 23.1 Å². The minimum atomic E-state index is 0.790. The highest BCUT2D eigenvalue weighted by Crippen LogP contribution is 2.38. The number of hydrogen-bond donors (Lipinski definition) is 0. The van der Waals surface area contributed by atoms with Crippen molar-refractivity contribution >= 4 is 23.1 Å². The van der Waals surface area contributed by atoms with Crippen molar-refractivity contribution in [2.45, 2.75) is 29.7 Å². The molecule has 0 fully saturated rings. The van der Waals surface area contributed by atoms with Crippen molar-refractivity contribution in [3.8, 4) is 0 Å². The molecular formula is C7H10NS2+. The summed E-state index contributed by atoms with van der Waals surface area (Å²) in [6.07, 6.45) is 1.23. The van der Waals surface area contributed by atoms with Crippen molar-refractivity contribution in [1.82, 2.24) is 0 Å². The van der Waals surface area contributed by atoms with Gasteiger partial charge in [0.15, 0.2) is 0 Å². The molecule has 1 atom stereocenters. The van der Waals surface area contributed by atoms with Gasteiger partial charge in [-0.15, -0.1) is 11.8 Å². The fourth-order valence-electron chi connectivity index (χ4n) is 1.23. The highest BCUT2D eigenvalue weighted by Gasteiger charge is 2.27. The van der Waals surface area contributed by atoms with Gasteiger partial charge in [-0.1, -0.05) is 18.3 Å². The predicted octanol–water partition coefficient (Wildman–Crippen LogP) is 1.91. The Morgan fingerprint density at radius 1 is 1.60 bits per heavy atom. The van der Waals surface area contributed by atoms with Crippen molar-refractivity contribution in [1.29, 1.82) is 0 Å². The third kappa shape index (κ3) is 0.974. The number of H-pyrrole nitrogens is 1. The summed E-state index contributed by atoms with van der Waals surface area (Å²) in [6.45, 7) is 4.41. The zero-order valence-corrected chi connectivity index (χ0v) is 7.73. The Balaban J connectivity index is 2.39. The quantitative estimate of drug-likeness (QED) is 0.583. The first-order valence-corrected chi connectivity index (χ1v) is 5.13. The van der Waals surface area contributed by atoms with Crippen LogP contribution in [0.4, 0.5) is 0 Å². The number of hydrogen-bond acceptors (Lipinski definition) is 2. The minimum absolute atomic E-state index is 0.790. The fourth-order valence-corrected chi connectivity index (χ4v) is 3.89. The first kappa shape index (κ1) is 6.68. The molecule has 2 heterocycles. The number of fused-ring (bicyclic) bond motifs is 1. The van der Waals surface area contributed by atoms with E-state index in [-0.39, 0.29) is 0 Å². The SMILES string of the molecule is Cc1[nH+]c2c(s1)SC(C)C2. The van der Waals surface area contributed by atoms with Crippen LogP contribution in [0.3, 0.4) is 0 Å². The van der Waals surface area contributed by atoms with Crippen LogP contribution in [0, 0.1) is 6.92 Å². The van der Waals surface area contributed by atoms with Crippen LogP contribution in [-0.4, -0.2) is 5.25 Å². The number of thiazole rings is 1. The predicted molar refractivity (Wildman–Crippen MR) is 44.6 cm³/mol. The number of aromatic amines is 1. The molecule has 1 N–H and O–H groups in total. The second-order valence-electron chi connectivity index (χ2n) is 2.68. The van der Waals surface area contributed by atoms with Crippen LogP contribution < -0.4 is 4.98 Å². The molecule has 0 aromatic carbocycles. The molecule has 0 saturated carbocycles. The molecule has 0 bridgehead atoms. The Bertz CT molecular complexity index is 231. The standard InChI is InChI=1S/C7H9NS2/c1-4-3-6-7(9-4)10-5(2)8-6/h4H,3H2,1-2H3/p+1. The van der Waals surface area contributed by atoms with Crippen molar-refractivity contribution in [2.24, 2.45) is 0 Å². The Kier molecular flexibility index (Phi) is 1.49. The summed E-state index contributed by atoms with van der Waals surface area (Å²) in [5.41, 5.74) is 1.46. The van der Waals surface area contributed by atoms with Gasteiger partial charge in [0.2, 0.25) is 10.7 Å². The molecule has 10 heavy (non-hydrogen) atoms.